The lowest BCUT2D eigenvalue weighted by atomic mass is 10.1. The predicted molar refractivity (Wildman–Crippen MR) is 83.7 cm³/mol. The molecule has 0 aliphatic heterocycles. The van der Waals surface area contributed by atoms with Crippen LogP contribution in [0.25, 0.3) is 0 Å². The van der Waals surface area contributed by atoms with Crippen molar-refractivity contribution < 1.29 is 5.11 Å². The zero-order valence-corrected chi connectivity index (χ0v) is 12.1. The summed E-state index contributed by atoms with van der Waals surface area (Å²) in [5, 5.41) is 9.22. The summed E-state index contributed by atoms with van der Waals surface area (Å²) in [4.78, 5) is 2.31. The van der Waals surface area contributed by atoms with Crippen LogP contribution in [0.2, 0.25) is 0 Å². The van der Waals surface area contributed by atoms with Crippen molar-refractivity contribution in [2.75, 3.05) is 19.7 Å². The Balaban J connectivity index is 1.93. The van der Waals surface area contributed by atoms with Crippen LogP contribution < -0.4 is 0 Å². The number of hydrogen-bond acceptors (Lipinski definition) is 2. The molecule has 0 radical (unpaired) electrons. The maximum atomic E-state index is 9.22. The molecule has 2 nitrogen and oxygen atoms in total. The van der Waals surface area contributed by atoms with Crippen LogP contribution >= 0.6 is 0 Å². The SMILES string of the molecule is Cc1cccc(CN(CCO)CCc2ccccc2)c1. The van der Waals surface area contributed by atoms with Gasteiger partial charge in [0, 0.05) is 19.6 Å². The summed E-state index contributed by atoms with van der Waals surface area (Å²) in [6.45, 7) is 4.92. The number of aliphatic hydroxyl groups excluding tert-OH is 1. The summed E-state index contributed by atoms with van der Waals surface area (Å²) in [6.07, 6.45) is 1.02. The van der Waals surface area contributed by atoms with Gasteiger partial charge in [0.2, 0.25) is 0 Å². The molecule has 106 valence electrons. The third kappa shape index (κ3) is 4.80. The molecule has 0 fully saturated rings. The van der Waals surface area contributed by atoms with Gasteiger partial charge in [0.1, 0.15) is 0 Å². The molecule has 0 heterocycles. The molecule has 20 heavy (non-hydrogen) atoms. The van der Waals surface area contributed by atoms with Gasteiger partial charge in [-0.15, -0.1) is 0 Å². The smallest absolute Gasteiger partial charge is 0.0558 e. The fraction of sp³-hybridized carbons (Fsp3) is 0.333. The van der Waals surface area contributed by atoms with Gasteiger partial charge >= 0.3 is 0 Å². The first kappa shape index (κ1) is 14.8. The summed E-state index contributed by atoms with van der Waals surface area (Å²) < 4.78 is 0. The van der Waals surface area contributed by atoms with Gasteiger partial charge in [-0.3, -0.25) is 4.90 Å². The van der Waals surface area contributed by atoms with Gasteiger partial charge in [0.05, 0.1) is 6.61 Å². The quantitative estimate of drug-likeness (QED) is 0.835. The van der Waals surface area contributed by atoms with Crippen molar-refractivity contribution in [3.8, 4) is 0 Å². The molecule has 0 unspecified atom stereocenters. The van der Waals surface area contributed by atoms with E-state index >= 15 is 0 Å². The maximum Gasteiger partial charge on any atom is 0.0558 e. The van der Waals surface area contributed by atoms with Crippen LogP contribution in [-0.2, 0) is 13.0 Å². The molecular formula is C18H23NO. The van der Waals surface area contributed by atoms with E-state index < -0.39 is 0 Å². The summed E-state index contributed by atoms with van der Waals surface area (Å²) >= 11 is 0. The molecule has 0 aliphatic rings. The predicted octanol–water partition coefficient (Wildman–Crippen LogP) is 3.03. The molecule has 0 atom stereocenters. The summed E-state index contributed by atoms with van der Waals surface area (Å²) in [7, 11) is 0. The summed E-state index contributed by atoms with van der Waals surface area (Å²) in [6, 6.07) is 19.1. The van der Waals surface area contributed by atoms with E-state index in [2.05, 4.69) is 60.4 Å². The molecule has 2 aromatic rings. The molecule has 0 saturated heterocycles. The fourth-order valence-electron chi connectivity index (χ4n) is 2.41. The van der Waals surface area contributed by atoms with Gasteiger partial charge in [0.15, 0.2) is 0 Å². The topological polar surface area (TPSA) is 23.5 Å². The highest BCUT2D eigenvalue weighted by Crippen LogP contribution is 2.09. The summed E-state index contributed by atoms with van der Waals surface area (Å²) in [5.41, 5.74) is 3.95. The van der Waals surface area contributed by atoms with E-state index in [1.807, 2.05) is 6.07 Å². The van der Waals surface area contributed by atoms with Crippen molar-refractivity contribution in [1.82, 2.24) is 4.90 Å². The molecule has 0 amide bonds. The van der Waals surface area contributed by atoms with Crippen LogP contribution in [0, 0.1) is 6.92 Å². The second-order valence-electron chi connectivity index (χ2n) is 5.22. The van der Waals surface area contributed by atoms with E-state index in [1.165, 1.54) is 16.7 Å². The Hall–Kier alpha value is -1.64. The Morgan fingerprint density at radius 2 is 1.65 bits per heavy atom. The third-order valence-electron chi connectivity index (χ3n) is 3.46. The molecule has 2 rings (SSSR count). The Morgan fingerprint density at radius 1 is 0.900 bits per heavy atom. The number of aryl methyl sites for hydroxylation is 1. The minimum absolute atomic E-state index is 0.209. The molecular weight excluding hydrogens is 246 g/mol. The monoisotopic (exact) mass is 269 g/mol. The average molecular weight is 269 g/mol. The van der Waals surface area contributed by atoms with Crippen LogP contribution in [0.5, 0.6) is 0 Å². The van der Waals surface area contributed by atoms with E-state index in [9.17, 15) is 5.11 Å². The second kappa shape index (κ2) is 7.83. The van der Waals surface area contributed by atoms with Crippen molar-refractivity contribution in [3.63, 3.8) is 0 Å². The molecule has 0 aliphatic carbocycles. The van der Waals surface area contributed by atoms with E-state index in [4.69, 9.17) is 0 Å². The Bertz CT molecular complexity index is 510. The summed E-state index contributed by atoms with van der Waals surface area (Å²) in [5.74, 6) is 0. The van der Waals surface area contributed by atoms with E-state index in [0.717, 1.165) is 26.1 Å². The zero-order valence-electron chi connectivity index (χ0n) is 12.1. The van der Waals surface area contributed by atoms with Crippen molar-refractivity contribution in [3.05, 3.63) is 71.3 Å². The fourth-order valence-corrected chi connectivity index (χ4v) is 2.41. The van der Waals surface area contributed by atoms with Gasteiger partial charge in [-0.25, -0.2) is 0 Å². The average Bonchev–Trinajstić information content (AvgIpc) is 2.46. The molecule has 2 heteroatoms. The second-order valence-corrected chi connectivity index (χ2v) is 5.22. The van der Waals surface area contributed by atoms with Gasteiger partial charge in [0.25, 0.3) is 0 Å². The third-order valence-corrected chi connectivity index (χ3v) is 3.46. The number of hydrogen-bond donors (Lipinski definition) is 1. The van der Waals surface area contributed by atoms with E-state index in [0.29, 0.717) is 0 Å². The zero-order chi connectivity index (χ0) is 14.2. The molecule has 0 aromatic heterocycles. The van der Waals surface area contributed by atoms with Crippen LogP contribution in [0.4, 0.5) is 0 Å². The minimum Gasteiger partial charge on any atom is -0.395 e. The van der Waals surface area contributed by atoms with Crippen LogP contribution in [0.1, 0.15) is 16.7 Å². The van der Waals surface area contributed by atoms with Crippen LogP contribution in [0.15, 0.2) is 54.6 Å². The lowest BCUT2D eigenvalue weighted by Crippen LogP contribution is -2.28. The van der Waals surface area contributed by atoms with Crippen LogP contribution in [0.3, 0.4) is 0 Å². The highest BCUT2D eigenvalue weighted by molar-refractivity contribution is 5.22. The standard InChI is InChI=1S/C18H23NO/c1-16-6-5-9-18(14-16)15-19(12-13-20)11-10-17-7-3-2-4-8-17/h2-9,14,20H,10-13,15H2,1H3. The first-order valence-electron chi connectivity index (χ1n) is 7.20. The molecule has 0 saturated carbocycles. The lowest BCUT2D eigenvalue weighted by molar-refractivity contribution is 0.191. The number of nitrogens with zero attached hydrogens (tertiary/aromatic N) is 1. The van der Waals surface area contributed by atoms with Crippen molar-refractivity contribution in [2.45, 2.75) is 19.9 Å². The normalized spacial score (nSPS) is 10.9. The Morgan fingerprint density at radius 3 is 2.35 bits per heavy atom. The van der Waals surface area contributed by atoms with Crippen molar-refractivity contribution in [1.29, 1.82) is 0 Å². The first-order chi connectivity index (χ1) is 9.78. The highest BCUT2D eigenvalue weighted by Gasteiger charge is 2.06. The minimum atomic E-state index is 0.209. The number of aliphatic hydroxyl groups is 1. The van der Waals surface area contributed by atoms with Gasteiger partial charge < -0.3 is 5.11 Å². The number of rotatable bonds is 7. The lowest BCUT2D eigenvalue weighted by Gasteiger charge is -2.21. The molecule has 1 N–H and O–H groups in total. The van der Waals surface area contributed by atoms with Crippen molar-refractivity contribution in [2.24, 2.45) is 0 Å². The maximum absolute atomic E-state index is 9.22. The van der Waals surface area contributed by atoms with Gasteiger partial charge in [-0.05, 0) is 24.5 Å². The molecule has 0 bridgehead atoms. The molecule has 2 aromatic carbocycles. The Kier molecular flexibility index (Phi) is 5.78. The van der Waals surface area contributed by atoms with Gasteiger partial charge in [-0.2, -0.15) is 0 Å². The van der Waals surface area contributed by atoms with E-state index in [-0.39, 0.29) is 6.61 Å². The van der Waals surface area contributed by atoms with E-state index in [1.54, 1.807) is 0 Å². The highest BCUT2D eigenvalue weighted by atomic mass is 16.3. The largest absolute Gasteiger partial charge is 0.395 e. The van der Waals surface area contributed by atoms with Crippen molar-refractivity contribution >= 4 is 0 Å². The molecule has 0 spiro atoms. The Labute approximate surface area is 121 Å². The first-order valence-corrected chi connectivity index (χ1v) is 7.20. The van der Waals surface area contributed by atoms with Gasteiger partial charge in [-0.1, -0.05) is 60.2 Å². The number of benzene rings is 2. The van der Waals surface area contributed by atoms with Crippen LogP contribution in [-0.4, -0.2) is 29.7 Å².